The highest BCUT2D eigenvalue weighted by molar-refractivity contribution is 7.19. The summed E-state index contributed by atoms with van der Waals surface area (Å²) in [7, 11) is 0. The van der Waals surface area contributed by atoms with Crippen molar-refractivity contribution < 1.29 is 0 Å². The summed E-state index contributed by atoms with van der Waals surface area (Å²) in [6.07, 6.45) is 4.83. The normalized spacial score (nSPS) is 14.0. The van der Waals surface area contributed by atoms with E-state index in [0.29, 0.717) is 0 Å². The van der Waals surface area contributed by atoms with Crippen molar-refractivity contribution in [2.45, 2.75) is 39.5 Å². The van der Waals surface area contributed by atoms with Gasteiger partial charge in [-0.3, -0.25) is 0 Å². The van der Waals surface area contributed by atoms with Crippen molar-refractivity contribution in [3.05, 3.63) is 45.1 Å². The minimum Gasteiger partial charge on any atom is -0.339 e. The number of halogens is 1. The van der Waals surface area contributed by atoms with Crippen LogP contribution in [0.15, 0.2) is 18.2 Å². The van der Waals surface area contributed by atoms with Crippen LogP contribution in [0.1, 0.15) is 34.7 Å². The number of hydrogen-bond acceptors (Lipinski definition) is 4. The molecule has 0 unspecified atom stereocenters. The van der Waals surface area contributed by atoms with E-state index in [4.69, 9.17) is 11.6 Å². The van der Waals surface area contributed by atoms with Gasteiger partial charge in [0.15, 0.2) is 0 Å². The maximum absolute atomic E-state index is 6.25. The number of thiophene rings is 1. The second-order valence-corrected chi connectivity index (χ2v) is 7.54. The van der Waals surface area contributed by atoms with Crippen LogP contribution >= 0.6 is 22.9 Å². The van der Waals surface area contributed by atoms with Crippen molar-refractivity contribution in [2.24, 2.45) is 0 Å². The fourth-order valence-corrected chi connectivity index (χ4v) is 4.71. The minimum atomic E-state index is 0.768. The van der Waals surface area contributed by atoms with Gasteiger partial charge in [0, 0.05) is 15.6 Å². The number of nitrogens with one attached hydrogen (secondary N) is 1. The van der Waals surface area contributed by atoms with E-state index in [9.17, 15) is 0 Å². The van der Waals surface area contributed by atoms with Crippen LogP contribution in [0.25, 0.3) is 10.2 Å². The standard InChI is InChI=1S/C18H18ClN3S/c1-10-13(19)7-5-8-14(10)22-17-16-12-6-3-4-9-15(12)23-18(16)21-11(2)20-17/h5,7-8H,3-4,6,9H2,1-2H3,(H,20,21,22). The average molecular weight is 344 g/mol. The Morgan fingerprint density at radius 3 is 2.83 bits per heavy atom. The monoisotopic (exact) mass is 343 g/mol. The summed E-state index contributed by atoms with van der Waals surface area (Å²) in [5.41, 5.74) is 3.49. The summed E-state index contributed by atoms with van der Waals surface area (Å²) in [6, 6.07) is 5.92. The van der Waals surface area contributed by atoms with Gasteiger partial charge in [-0.05, 0) is 62.8 Å². The molecule has 1 N–H and O–H groups in total. The third kappa shape index (κ3) is 2.60. The molecule has 1 aromatic carbocycles. The average Bonchev–Trinajstić information content (AvgIpc) is 2.89. The first-order valence-electron chi connectivity index (χ1n) is 7.94. The lowest BCUT2D eigenvalue weighted by atomic mass is 9.97. The summed E-state index contributed by atoms with van der Waals surface area (Å²) in [5.74, 6) is 1.72. The summed E-state index contributed by atoms with van der Waals surface area (Å²) in [5, 5.41) is 5.48. The first-order valence-corrected chi connectivity index (χ1v) is 9.14. The van der Waals surface area contributed by atoms with Gasteiger partial charge in [0.25, 0.3) is 0 Å². The number of hydrogen-bond donors (Lipinski definition) is 1. The lowest BCUT2D eigenvalue weighted by Gasteiger charge is -2.14. The highest BCUT2D eigenvalue weighted by Crippen LogP contribution is 2.39. The van der Waals surface area contributed by atoms with Gasteiger partial charge in [0.05, 0.1) is 5.39 Å². The minimum absolute atomic E-state index is 0.768. The molecule has 1 aliphatic carbocycles. The van der Waals surface area contributed by atoms with Gasteiger partial charge in [0.1, 0.15) is 16.5 Å². The Labute approximate surface area is 144 Å². The zero-order chi connectivity index (χ0) is 16.0. The van der Waals surface area contributed by atoms with Crippen LogP contribution in [0, 0.1) is 13.8 Å². The molecule has 0 atom stereocenters. The number of fused-ring (bicyclic) bond motifs is 3. The summed E-state index contributed by atoms with van der Waals surface area (Å²) >= 11 is 8.08. The molecule has 0 amide bonds. The zero-order valence-electron chi connectivity index (χ0n) is 13.2. The van der Waals surface area contributed by atoms with Crippen LogP contribution in [0.2, 0.25) is 5.02 Å². The van der Waals surface area contributed by atoms with Crippen LogP contribution in [0.4, 0.5) is 11.5 Å². The molecule has 0 saturated heterocycles. The fraction of sp³-hybridized carbons (Fsp3) is 0.333. The lowest BCUT2D eigenvalue weighted by Crippen LogP contribution is -2.03. The van der Waals surface area contributed by atoms with E-state index in [1.165, 1.54) is 35.1 Å². The molecule has 3 aromatic rings. The van der Waals surface area contributed by atoms with E-state index in [-0.39, 0.29) is 0 Å². The van der Waals surface area contributed by atoms with Crippen molar-refractivity contribution >= 4 is 44.7 Å². The van der Waals surface area contributed by atoms with Crippen molar-refractivity contribution in [3.8, 4) is 0 Å². The van der Waals surface area contributed by atoms with Crippen LogP contribution < -0.4 is 5.32 Å². The van der Waals surface area contributed by atoms with Gasteiger partial charge in [-0.25, -0.2) is 9.97 Å². The Balaban J connectivity index is 1.89. The summed E-state index contributed by atoms with van der Waals surface area (Å²) in [6.45, 7) is 3.98. The number of benzene rings is 1. The van der Waals surface area contributed by atoms with E-state index < -0.39 is 0 Å². The smallest absolute Gasteiger partial charge is 0.143 e. The molecule has 2 aromatic heterocycles. The third-order valence-corrected chi connectivity index (χ3v) is 6.04. The molecule has 1 aliphatic rings. The first kappa shape index (κ1) is 14.9. The number of rotatable bonds is 2. The molecular formula is C18H18ClN3S. The van der Waals surface area contributed by atoms with Crippen molar-refractivity contribution in [1.82, 2.24) is 9.97 Å². The largest absolute Gasteiger partial charge is 0.339 e. The Morgan fingerprint density at radius 1 is 1.13 bits per heavy atom. The molecule has 0 fully saturated rings. The second-order valence-electron chi connectivity index (χ2n) is 6.05. The molecule has 3 nitrogen and oxygen atoms in total. The Morgan fingerprint density at radius 2 is 1.96 bits per heavy atom. The number of anilines is 2. The Bertz CT molecular complexity index is 901. The van der Waals surface area contributed by atoms with Gasteiger partial charge in [-0.1, -0.05) is 17.7 Å². The predicted octanol–water partition coefficient (Wildman–Crippen LogP) is 5.58. The Kier molecular flexibility index (Phi) is 3.74. The molecule has 0 saturated carbocycles. The third-order valence-electron chi connectivity index (χ3n) is 4.45. The lowest BCUT2D eigenvalue weighted by molar-refractivity contribution is 0.700. The van der Waals surface area contributed by atoms with Crippen LogP contribution in [-0.4, -0.2) is 9.97 Å². The molecule has 5 heteroatoms. The molecule has 0 bridgehead atoms. The van der Waals surface area contributed by atoms with Gasteiger partial charge < -0.3 is 5.32 Å². The van der Waals surface area contributed by atoms with E-state index in [1.807, 2.05) is 43.4 Å². The quantitative estimate of drug-likeness (QED) is 0.659. The first-order chi connectivity index (χ1) is 11.1. The van der Waals surface area contributed by atoms with Crippen molar-refractivity contribution in [1.29, 1.82) is 0 Å². The zero-order valence-corrected chi connectivity index (χ0v) is 14.8. The van der Waals surface area contributed by atoms with Gasteiger partial charge >= 0.3 is 0 Å². The van der Waals surface area contributed by atoms with Crippen LogP contribution in [-0.2, 0) is 12.8 Å². The Hall–Kier alpha value is -1.65. The molecule has 23 heavy (non-hydrogen) atoms. The van der Waals surface area contributed by atoms with Crippen molar-refractivity contribution in [3.63, 3.8) is 0 Å². The van der Waals surface area contributed by atoms with Crippen LogP contribution in [0.3, 0.4) is 0 Å². The van der Waals surface area contributed by atoms with Crippen molar-refractivity contribution in [2.75, 3.05) is 5.32 Å². The van der Waals surface area contributed by atoms with E-state index in [1.54, 1.807) is 0 Å². The SMILES string of the molecule is Cc1nc(Nc2cccc(Cl)c2C)c2c3c(sc2n1)CCCC3. The maximum atomic E-state index is 6.25. The highest BCUT2D eigenvalue weighted by atomic mass is 35.5. The molecule has 2 heterocycles. The molecule has 0 aliphatic heterocycles. The topological polar surface area (TPSA) is 37.8 Å². The van der Waals surface area contributed by atoms with E-state index in [0.717, 1.165) is 39.2 Å². The molecular weight excluding hydrogens is 326 g/mol. The maximum Gasteiger partial charge on any atom is 0.143 e. The summed E-state index contributed by atoms with van der Waals surface area (Å²) in [4.78, 5) is 11.9. The molecule has 0 radical (unpaired) electrons. The second kappa shape index (κ2) is 5.77. The van der Waals surface area contributed by atoms with E-state index in [2.05, 4.69) is 15.3 Å². The van der Waals surface area contributed by atoms with Gasteiger partial charge in [-0.15, -0.1) is 11.3 Å². The van der Waals surface area contributed by atoms with Gasteiger partial charge in [-0.2, -0.15) is 0 Å². The number of nitrogens with zero attached hydrogens (tertiary/aromatic N) is 2. The number of aryl methyl sites for hydroxylation is 3. The molecule has 0 spiro atoms. The highest BCUT2D eigenvalue weighted by Gasteiger charge is 2.21. The predicted molar refractivity (Wildman–Crippen MR) is 98.3 cm³/mol. The molecule has 4 rings (SSSR count). The van der Waals surface area contributed by atoms with Gasteiger partial charge in [0.2, 0.25) is 0 Å². The summed E-state index contributed by atoms with van der Waals surface area (Å²) < 4.78 is 0. The van der Waals surface area contributed by atoms with Crippen LogP contribution in [0.5, 0.6) is 0 Å². The fourth-order valence-electron chi connectivity index (χ4n) is 3.22. The van der Waals surface area contributed by atoms with E-state index >= 15 is 0 Å². The molecule has 118 valence electrons. The number of aromatic nitrogens is 2.